The predicted molar refractivity (Wildman–Crippen MR) is 253 cm³/mol. The zero-order chi connectivity index (χ0) is 40.3. The van der Waals surface area contributed by atoms with Gasteiger partial charge in [-0.2, -0.15) is 5.26 Å². The molecule has 0 amide bonds. The van der Waals surface area contributed by atoms with E-state index in [1.807, 2.05) is 12.1 Å². The van der Waals surface area contributed by atoms with Gasteiger partial charge in [-0.05, 0) is 103 Å². The van der Waals surface area contributed by atoms with Gasteiger partial charge in [0, 0.05) is 65.8 Å². The number of aromatic nitrogens is 4. The molecule has 0 saturated carbocycles. The molecule has 0 radical (unpaired) electrons. The van der Waals surface area contributed by atoms with Crippen LogP contribution in [0, 0.1) is 18.3 Å². The number of nitriles is 1. The van der Waals surface area contributed by atoms with Gasteiger partial charge in [-0.3, -0.25) is 0 Å². The van der Waals surface area contributed by atoms with Crippen molar-refractivity contribution in [3.63, 3.8) is 0 Å². The number of aryl methyl sites for hydroxylation is 1. The van der Waals surface area contributed by atoms with Crippen LogP contribution in [0.4, 0.5) is 0 Å². The van der Waals surface area contributed by atoms with Crippen molar-refractivity contribution in [2.24, 2.45) is 0 Å². The minimum atomic E-state index is 0.678. The molecule has 13 rings (SSSR count). The van der Waals surface area contributed by atoms with Gasteiger partial charge in [0.2, 0.25) is 0 Å². The molecular weight excluding hydrogens is 743 g/mol. The highest BCUT2D eigenvalue weighted by Gasteiger charge is 2.25. The van der Waals surface area contributed by atoms with Crippen LogP contribution in [-0.2, 0) is 0 Å². The molecule has 0 bridgehead atoms. The Balaban J connectivity index is 1.17. The van der Waals surface area contributed by atoms with E-state index >= 15 is 0 Å². The summed E-state index contributed by atoms with van der Waals surface area (Å²) in [5.41, 5.74) is 15.5. The second kappa shape index (κ2) is 12.6. The van der Waals surface area contributed by atoms with Crippen molar-refractivity contribution < 1.29 is 0 Å². The third kappa shape index (κ3) is 4.53. The summed E-state index contributed by atoms with van der Waals surface area (Å²) in [6.45, 7) is 2.27. The van der Waals surface area contributed by atoms with Crippen LogP contribution in [0.2, 0.25) is 0 Å². The normalized spacial score (nSPS) is 12.0. The summed E-state index contributed by atoms with van der Waals surface area (Å²) in [4.78, 5) is 0. The molecule has 5 nitrogen and oxygen atoms in total. The Hall–Kier alpha value is -8.33. The quantitative estimate of drug-likeness (QED) is 0.175. The predicted octanol–water partition coefficient (Wildman–Crippen LogP) is 14.3. The Bertz CT molecular complexity index is 3990. The van der Waals surface area contributed by atoms with Gasteiger partial charge in [0.05, 0.1) is 55.8 Å². The number of hydrogen-bond acceptors (Lipinski definition) is 1. The number of nitrogens with zero attached hydrogens (tertiary/aromatic N) is 5. The third-order valence-electron chi connectivity index (χ3n) is 12.9. The van der Waals surface area contributed by atoms with E-state index in [1.54, 1.807) is 0 Å². The fraction of sp³-hybridized carbons (Fsp3) is 0.0179. The molecule has 0 fully saturated rings. The molecule has 0 aliphatic rings. The maximum absolute atomic E-state index is 10.4. The molecule has 0 spiro atoms. The summed E-state index contributed by atoms with van der Waals surface area (Å²) in [6.07, 6.45) is 0. The largest absolute Gasteiger partial charge is 0.309 e. The van der Waals surface area contributed by atoms with Gasteiger partial charge in [-0.15, -0.1) is 0 Å². The summed E-state index contributed by atoms with van der Waals surface area (Å²) < 4.78 is 9.68. The van der Waals surface area contributed by atoms with Crippen LogP contribution in [-0.4, -0.2) is 18.3 Å². The molecule has 13 aromatic rings. The van der Waals surface area contributed by atoms with Gasteiger partial charge in [-0.25, -0.2) is 0 Å². The third-order valence-corrected chi connectivity index (χ3v) is 12.9. The van der Waals surface area contributed by atoms with E-state index < -0.39 is 0 Å². The summed E-state index contributed by atoms with van der Waals surface area (Å²) in [7, 11) is 0. The Morgan fingerprint density at radius 3 is 1.46 bits per heavy atom. The monoisotopic (exact) mass is 777 g/mol. The topological polar surface area (TPSA) is 43.5 Å². The van der Waals surface area contributed by atoms with Crippen LogP contribution < -0.4 is 0 Å². The van der Waals surface area contributed by atoms with Gasteiger partial charge < -0.3 is 18.3 Å². The molecule has 0 N–H and O–H groups in total. The standard InChI is InChI=1S/C56H35N5/c1-35-32-50-54(42-24-12-13-25-45(42)58(50)37-17-5-2-6-18-37)56-51(35)44-33-40(28-30-47(44)60(56)38-19-7-3-8-20-38)59-46-26-14-11-23-41(46)53-49(59)31-29-43-52-36(34-57)16-15-27-48(52)61(55(43)53)39-21-9-4-10-22-39/h2-33H,1H3. The van der Waals surface area contributed by atoms with E-state index in [0.717, 1.165) is 66.5 Å². The highest BCUT2D eigenvalue weighted by molar-refractivity contribution is 6.29. The zero-order valence-corrected chi connectivity index (χ0v) is 33.2. The molecule has 4 aromatic heterocycles. The van der Waals surface area contributed by atoms with Crippen molar-refractivity contribution in [3.05, 3.63) is 205 Å². The molecule has 0 unspecified atom stereocenters. The first-order valence-electron chi connectivity index (χ1n) is 20.8. The Morgan fingerprint density at radius 1 is 0.328 bits per heavy atom. The molecule has 61 heavy (non-hydrogen) atoms. The summed E-state index contributed by atoms with van der Waals surface area (Å²) in [5.74, 6) is 0. The van der Waals surface area contributed by atoms with Crippen molar-refractivity contribution >= 4 is 87.2 Å². The second-order valence-corrected chi connectivity index (χ2v) is 16.1. The SMILES string of the molecule is Cc1cc2c(c3ccccc3n2-c2ccccc2)c2c1c1cc(-n3c4ccccc4c4c3ccc3c5c(C#N)cccc5n(-c5ccccc5)c34)ccc1n2-c1ccccc1. The molecule has 4 heterocycles. The van der Waals surface area contributed by atoms with E-state index in [4.69, 9.17) is 0 Å². The van der Waals surface area contributed by atoms with Crippen LogP contribution in [0.3, 0.4) is 0 Å². The van der Waals surface area contributed by atoms with E-state index in [2.05, 4.69) is 213 Å². The number of benzene rings is 9. The molecule has 0 atom stereocenters. The van der Waals surface area contributed by atoms with Gasteiger partial charge in [-0.1, -0.05) is 103 Å². The number of fused-ring (bicyclic) bond motifs is 14. The lowest BCUT2D eigenvalue weighted by Gasteiger charge is -2.11. The van der Waals surface area contributed by atoms with E-state index in [-0.39, 0.29) is 0 Å². The van der Waals surface area contributed by atoms with Crippen LogP contribution in [0.25, 0.3) is 110 Å². The lowest BCUT2D eigenvalue weighted by molar-refractivity contribution is 1.16. The lowest BCUT2D eigenvalue weighted by Crippen LogP contribution is -1.96. The van der Waals surface area contributed by atoms with E-state index in [9.17, 15) is 5.26 Å². The zero-order valence-electron chi connectivity index (χ0n) is 33.2. The Morgan fingerprint density at radius 2 is 0.820 bits per heavy atom. The van der Waals surface area contributed by atoms with Gasteiger partial charge in [0.1, 0.15) is 0 Å². The molecule has 0 aliphatic heterocycles. The van der Waals surface area contributed by atoms with Gasteiger partial charge in [0.15, 0.2) is 0 Å². The Labute approximate surface area is 350 Å². The number of rotatable bonds is 4. The molecule has 0 saturated heterocycles. The lowest BCUT2D eigenvalue weighted by atomic mass is 10.0. The van der Waals surface area contributed by atoms with Crippen molar-refractivity contribution in [2.45, 2.75) is 6.92 Å². The summed E-state index contributed by atoms with van der Waals surface area (Å²) in [6, 6.07) is 72.1. The van der Waals surface area contributed by atoms with Crippen LogP contribution in [0.1, 0.15) is 11.1 Å². The van der Waals surface area contributed by atoms with Gasteiger partial charge >= 0.3 is 0 Å². The molecule has 284 valence electrons. The van der Waals surface area contributed by atoms with E-state index in [0.29, 0.717) is 5.56 Å². The van der Waals surface area contributed by atoms with Crippen LogP contribution in [0.15, 0.2) is 194 Å². The van der Waals surface area contributed by atoms with Crippen molar-refractivity contribution in [3.8, 4) is 28.8 Å². The fourth-order valence-electron chi connectivity index (χ4n) is 10.5. The summed E-state index contributed by atoms with van der Waals surface area (Å²) >= 11 is 0. The molecule has 0 aliphatic carbocycles. The van der Waals surface area contributed by atoms with Crippen molar-refractivity contribution in [1.29, 1.82) is 5.26 Å². The average molecular weight is 778 g/mol. The minimum absolute atomic E-state index is 0.678. The first kappa shape index (κ1) is 33.6. The van der Waals surface area contributed by atoms with Crippen molar-refractivity contribution in [1.82, 2.24) is 18.3 Å². The fourth-order valence-corrected chi connectivity index (χ4v) is 10.5. The second-order valence-electron chi connectivity index (χ2n) is 16.1. The highest BCUT2D eigenvalue weighted by Crippen LogP contribution is 2.46. The van der Waals surface area contributed by atoms with Crippen LogP contribution in [0.5, 0.6) is 0 Å². The minimum Gasteiger partial charge on any atom is -0.309 e. The average Bonchev–Trinajstić information content (AvgIpc) is 4.04. The smallest absolute Gasteiger partial charge is 0.0998 e. The van der Waals surface area contributed by atoms with E-state index in [1.165, 1.54) is 49.0 Å². The number of para-hydroxylation sites is 5. The molecule has 5 heteroatoms. The molecular formula is C56H35N5. The maximum Gasteiger partial charge on any atom is 0.0998 e. The highest BCUT2D eigenvalue weighted by atomic mass is 15.0. The first-order chi connectivity index (χ1) is 30.2. The van der Waals surface area contributed by atoms with Gasteiger partial charge in [0.25, 0.3) is 0 Å². The Kier molecular flexibility index (Phi) is 6.94. The molecule has 9 aromatic carbocycles. The summed E-state index contributed by atoms with van der Waals surface area (Å²) in [5, 5.41) is 19.7. The first-order valence-corrected chi connectivity index (χ1v) is 20.8. The van der Waals surface area contributed by atoms with Crippen molar-refractivity contribution in [2.75, 3.05) is 0 Å². The van der Waals surface area contributed by atoms with Crippen LogP contribution >= 0.6 is 0 Å². The maximum atomic E-state index is 10.4. The number of hydrogen-bond donors (Lipinski definition) is 0.